The summed E-state index contributed by atoms with van der Waals surface area (Å²) in [5, 5.41) is 0. The fraction of sp³-hybridized carbons (Fsp3) is 1.00. The largest absolute Gasteiger partial charge is 0.382 e. The quantitative estimate of drug-likeness (QED) is 0.669. The number of hydrogen-bond acceptors (Lipinski definition) is 2. The average Bonchev–Trinajstić information content (AvgIpc) is 2.17. The van der Waals surface area contributed by atoms with Crippen LogP contribution < -0.4 is 0 Å². The zero-order valence-corrected chi connectivity index (χ0v) is 10.7. The Morgan fingerprint density at radius 1 is 1.13 bits per heavy atom. The summed E-state index contributed by atoms with van der Waals surface area (Å²) in [5.41, 5.74) is 0.434. The van der Waals surface area contributed by atoms with Crippen molar-refractivity contribution in [2.45, 2.75) is 52.6 Å². The summed E-state index contributed by atoms with van der Waals surface area (Å²) in [6.07, 6.45) is 5.62. The summed E-state index contributed by atoms with van der Waals surface area (Å²) in [6, 6.07) is 0. The van der Waals surface area contributed by atoms with Gasteiger partial charge >= 0.3 is 0 Å². The van der Waals surface area contributed by atoms with E-state index in [0.29, 0.717) is 11.5 Å². The molecule has 90 valence electrons. The summed E-state index contributed by atoms with van der Waals surface area (Å²) < 4.78 is 10.8. The maximum Gasteiger partial charge on any atom is 0.0704 e. The van der Waals surface area contributed by atoms with Gasteiger partial charge in [-0.2, -0.15) is 0 Å². The Morgan fingerprint density at radius 3 is 2.47 bits per heavy atom. The van der Waals surface area contributed by atoms with Gasteiger partial charge in [-0.1, -0.05) is 27.2 Å². The molecule has 0 aromatic rings. The highest BCUT2D eigenvalue weighted by Gasteiger charge is 2.30. The molecule has 1 aliphatic carbocycles. The molecule has 0 N–H and O–H groups in total. The smallest absolute Gasteiger partial charge is 0.0704 e. The third kappa shape index (κ3) is 4.52. The van der Waals surface area contributed by atoms with Crippen molar-refractivity contribution in [3.05, 3.63) is 0 Å². The van der Waals surface area contributed by atoms with E-state index in [1.54, 1.807) is 7.11 Å². The van der Waals surface area contributed by atoms with Gasteiger partial charge in [-0.05, 0) is 30.6 Å². The lowest BCUT2D eigenvalue weighted by molar-refractivity contribution is -0.0255. The molecular formula is C13H26O2. The van der Waals surface area contributed by atoms with E-state index in [9.17, 15) is 0 Å². The summed E-state index contributed by atoms with van der Waals surface area (Å²) in [6.45, 7) is 8.49. The fourth-order valence-electron chi connectivity index (χ4n) is 2.38. The van der Waals surface area contributed by atoms with E-state index < -0.39 is 0 Å². The number of ether oxygens (including phenoxy) is 2. The average molecular weight is 214 g/mol. The molecule has 15 heavy (non-hydrogen) atoms. The van der Waals surface area contributed by atoms with Gasteiger partial charge in [-0.15, -0.1) is 0 Å². The van der Waals surface area contributed by atoms with E-state index >= 15 is 0 Å². The van der Waals surface area contributed by atoms with Gasteiger partial charge in [0.2, 0.25) is 0 Å². The first-order valence-corrected chi connectivity index (χ1v) is 6.14. The van der Waals surface area contributed by atoms with Gasteiger partial charge in [-0.3, -0.25) is 0 Å². The Labute approximate surface area is 94.3 Å². The minimum atomic E-state index is 0.434. The molecule has 0 radical (unpaired) electrons. The van der Waals surface area contributed by atoms with Crippen LogP contribution in [0.3, 0.4) is 0 Å². The maximum absolute atomic E-state index is 5.82. The first-order chi connectivity index (χ1) is 7.04. The van der Waals surface area contributed by atoms with Crippen molar-refractivity contribution in [3.63, 3.8) is 0 Å². The van der Waals surface area contributed by atoms with Crippen molar-refractivity contribution >= 4 is 0 Å². The van der Waals surface area contributed by atoms with E-state index in [2.05, 4.69) is 20.8 Å². The van der Waals surface area contributed by atoms with Crippen molar-refractivity contribution in [3.8, 4) is 0 Å². The summed E-state index contributed by atoms with van der Waals surface area (Å²) in [5.74, 6) is 0.818. The van der Waals surface area contributed by atoms with Crippen LogP contribution in [0.15, 0.2) is 0 Å². The van der Waals surface area contributed by atoms with E-state index in [1.807, 2.05) is 0 Å². The first kappa shape index (κ1) is 13.0. The van der Waals surface area contributed by atoms with Crippen molar-refractivity contribution in [2.24, 2.45) is 11.3 Å². The zero-order chi connectivity index (χ0) is 11.3. The third-order valence-corrected chi connectivity index (χ3v) is 3.49. The van der Waals surface area contributed by atoms with Crippen molar-refractivity contribution in [1.82, 2.24) is 0 Å². The van der Waals surface area contributed by atoms with E-state index in [4.69, 9.17) is 9.47 Å². The minimum absolute atomic E-state index is 0.434. The standard InChI is InChI=1S/C13H26O2/c1-13(2,3)11-6-5-7-12(10-11)15-9-8-14-4/h11-12H,5-10H2,1-4H3. The SMILES string of the molecule is COCCOC1CCCC(C(C)(C)C)C1. The van der Waals surface area contributed by atoms with Crippen molar-refractivity contribution in [2.75, 3.05) is 20.3 Å². The molecule has 0 amide bonds. The second kappa shape index (κ2) is 5.86. The predicted octanol–water partition coefficient (Wildman–Crippen LogP) is 3.25. The molecule has 2 nitrogen and oxygen atoms in total. The van der Waals surface area contributed by atoms with E-state index in [1.165, 1.54) is 25.7 Å². The number of rotatable bonds is 4. The Kier molecular flexibility index (Phi) is 5.07. The highest BCUT2D eigenvalue weighted by Crippen LogP contribution is 2.38. The van der Waals surface area contributed by atoms with Crippen LogP contribution in [0.1, 0.15) is 46.5 Å². The predicted molar refractivity (Wildman–Crippen MR) is 63.0 cm³/mol. The van der Waals surface area contributed by atoms with Crippen molar-refractivity contribution < 1.29 is 9.47 Å². The fourth-order valence-corrected chi connectivity index (χ4v) is 2.38. The molecule has 0 spiro atoms. The lowest BCUT2D eigenvalue weighted by Gasteiger charge is -2.37. The molecule has 1 fully saturated rings. The lowest BCUT2D eigenvalue weighted by atomic mass is 9.71. The Bertz CT molecular complexity index is 172. The molecular weight excluding hydrogens is 188 g/mol. The molecule has 0 heterocycles. The Hall–Kier alpha value is -0.0800. The highest BCUT2D eigenvalue weighted by atomic mass is 16.5. The zero-order valence-electron chi connectivity index (χ0n) is 10.7. The molecule has 1 saturated carbocycles. The van der Waals surface area contributed by atoms with Gasteiger partial charge in [0.1, 0.15) is 0 Å². The molecule has 0 bridgehead atoms. The number of hydrogen-bond donors (Lipinski definition) is 0. The Balaban J connectivity index is 2.29. The van der Waals surface area contributed by atoms with E-state index in [0.717, 1.165) is 19.1 Å². The van der Waals surface area contributed by atoms with E-state index in [-0.39, 0.29) is 0 Å². The summed E-state index contributed by atoms with van der Waals surface area (Å²) >= 11 is 0. The molecule has 2 heteroatoms. The monoisotopic (exact) mass is 214 g/mol. The highest BCUT2D eigenvalue weighted by molar-refractivity contribution is 4.81. The summed E-state index contributed by atoms with van der Waals surface area (Å²) in [4.78, 5) is 0. The molecule has 0 aromatic carbocycles. The van der Waals surface area contributed by atoms with Gasteiger partial charge < -0.3 is 9.47 Å². The van der Waals surface area contributed by atoms with Gasteiger partial charge in [0, 0.05) is 7.11 Å². The van der Waals surface area contributed by atoms with Gasteiger partial charge in [0.15, 0.2) is 0 Å². The molecule has 2 atom stereocenters. The van der Waals surface area contributed by atoms with Crippen LogP contribution in [0.5, 0.6) is 0 Å². The molecule has 2 unspecified atom stereocenters. The topological polar surface area (TPSA) is 18.5 Å². The third-order valence-electron chi connectivity index (χ3n) is 3.49. The summed E-state index contributed by atoms with van der Waals surface area (Å²) in [7, 11) is 1.72. The molecule has 0 aromatic heterocycles. The molecule has 1 rings (SSSR count). The van der Waals surface area contributed by atoms with Crippen LogP contribution in [-0.2, 0) is 9.47 Å². The molecule has 1 aliphatic rings. The Morgan fingerprint density at radius 2 is 1.87 bits per heavy atom. The van der Waals surface area contributed by atoms with Crippen LogP contribution in [0.4, 0.5) is 0 Å². The van der Waals surface area contributed by atoms with Crippen LogP contribution in [0.25, 0.3) is 0 Å². The van der Waals surface area contributed by atoms with Gasteiger partial charge in [0.05, 0.1) is 19.3 Å². The molecule has 0 saturated heterocycles. The molecule has 0 aliphatic heterocycles. The van der Waals surface area contributed by atoms with Gasteiger partial charge in [-0.25, -0.2) is 0 Å². The number of methoxy groups -OCH3 is 1. The minimum Gasteiger partial charge on any atom is -0.382 e. The van der Waals surface area contributed by atoms with Crippen LogP contribution in [-0.4, -0.2) is 26.4 Å². The van der Waals surface area contributed by atoms with Crippen LogP contribution in [0.2, 0.25) is 0 Å². The van der Waals surface area contributed by atoms with Crippen molar-refractivity contribution in [1.29, 1.82) is 0 Å². The first-order valence-electron chi connectivity index (χ1n) is 6.14. The van der Waals surface area contributed by atoms with Crippen LogP contribution >= 0.6 is 0 Å². The van der Waals surface area contributed by atoms with Gasteiger partial charge in [0.25, 0.3) is 0 Å². The lowest BCUT2D eigenvalue weighted by Crippen LogP contribution is -2.31. The maximum atomic E-state index is 5.82. The second-order valence-electron chi connectivity index (χ2n) is 5.72. The normalized spacial score (nSPS) is 28.0. The second-order valence-corrected chi connectivity index (χ2v) is 5.72. The van der Waals surface area contributed by atoms with Crippen LogP contribution in [0, 0.1) is 11.3 Å².